The van der Waals surface area contributed by atoms with Gasteiger partial charge in [-0.1, -0.05) is 18.2 Å². The largest absolute Gasteiger partial charge is 0.381 e. The highest BCUT2D eigenvalue weighted by Gasteiger charge is 2.43. The van der Waals surface area contributed by atoms with Crippen LogP contribution < -0.4 is 10.6 Å². The van der Waals surface area contributed by atoms with E-state index < -0.39 is 11.3 Å². The number of hydrogen-bond acceptors (Lipinski definition) is 6. The predicted octanol–water partition coefficient (Wildman–Crippen LogP) is 2.86. The molecule has 2 heterocycles. The quantitative estimate of drug-likeness (QED) is 0.284. The minimum Gasteiger partial charge on any atom is -0.381 e. The molecule has 2 aliphatic rings. The molecule has 2 N–H and O–H groups in total. The number of imide groups is 1. The van der Waals surface area contributed by atoms with Gasteiger partial charge in [-0.2, -0.15) is 0 Å². The fourth-order valence-corrected chi connectivity index (χ4v) is 6.01. The first-order valence-electron chi connectivity index (χ1n) is 13.8. The molecule has 2 aromatic carbocycles. The van der Waals surface area contributed by atoms with Gasteiger partial charge in [0.1, 0.15) is 13.7 Å². The zero-order chi connectivity index (χ0) is 29.3. The molecule has 3 amide bonds. The number of benzene rings is 2. The molecule has 214 valence electrons. The van der Waals surface area contributed by atoms with Gasteiger partial charge in [-0.05, 0) is 75.9 Å². The Bertz CT molecular complexity index is 1280. The highest BCUT2D eigenvalue weighted by molar-refractivity contribution is 6.31. The number of carbonyl (C=O) groups is 3. The van der Waals surface area contributed by atoms with E-state index in [0.29, 0.717) is 18.5 Å². The van der Waals surface area contributed by atoms with Crippen LogP contribution in [0, 0.1) is 12.7 Å². The Morgan fingerprint density at radius 3 is 2.50 bits per heavy atom. The second-order valence-electron chi connectivity index (χ2n) is 12.5. The molecule has 1 unspecified atom stereocenters. The van der Waals surface area contributed by atoms with E-state index in [2.05, 4.69) is 43.2 Å². The van der Waals surface area contributed by atoms with Crippen molar-refractivity contribution in [3.8, 4) is 0 Å². The van der Waals surface area contributed by atoms with Gasteiger partial charge in [-0.25, -0.2) is 4.39 Å². The normalized spacial score (nSPS) is 22.4. The number of nitrogens with zero attached hydrogens (tertiary/aromatic N) is 2. The number of nitrogens with one attached hydrogen (secondary N) is 2. The Labute approximate surface area is 237 Å². The SMILES string of the molecule is BC1(N(C=O)Cc2c(C)cccc2NCc2cc(CN3CC(C)(C)OC(C)(C)C3)ccc2F)CCC(=O)NC1=O. The van der Waals surface area contributed by atoms with Crippen LogP contribution in [0.15, 0.2) is 36.4 Å². The first kappa shape index (κ1) is 29.7. The first-order valence-corrected chi connectivity index (χ1v) is 13.8. The summed E-state index contributed by atoms with van der Waals surface area (Å²) >= 11 is 0. The van der Waals surface area contributed by atoms with Crippen LogP contribution in [0.1, 0.15) is 62.8 Å². The second kappa shape index (κ2) is 11.3. The number of rotatable bonds is 9. The Balaban J connectivity index is 1.50. The summed E-state index contributed by atoms with van der Waals surface area (Å²) in [5, 5.41) is 5.71. The zero-order valence-corrected chi connectivity index (χ0v) is 24.4. The third-order valence-electron chi connectivity index (χ3n) is 7.83. The minimum atomic E-state index is -1.14. The fourth-order valence-electron chi connectivity index (χ4n) is 6.01. The third kappa shape index (κ3) is 6.73. The summed E-state index contributed by atoms with van der Waals surface area (Å²) in [5.41, 5.74) is 2.40. The molecule has 10 heteroatoms. The molecule has 0 spiro atoms. The smallest absolute Gasteiger partial charge is 0.243 e. The topological polar surface area (TPSA) is 91.0 Å². The molecule has 0 aromatic heterocycles. The fraction of sp³-hybridized carbons (Fsp3) is 0.500. The Morgan fingerprint density at radius 1 is 1.15 bits per heavy atom. The summed E-state index contributed by atoms with van der Waals surface area (Å²) in [6.07, 6.45) is 1.07. The summed E-state index contributed by atoms with van der Waals surface area (Å²) < 4.78 is 21.1. The second-order valence-corrected chi connectivity index (χ2v) is 12.5. The van der Waals surface area contributed by atoms with Crippen molar-refractivity contribution >= 4 is 31.8 Å². The number of anilines is 1. The Kier molecular flexibility index (Phi) is 8.42. The van der Waals surface area contributed by atoms with Crippen molar-refractivity contribution in [2.45, 2.75) is 83.7 Å². The maximum atomic E-state index is 14.9. The van der Waals surface area contributed by atoms with E-state index >= 15 is 0 Å². The average Bonchev–Trinajstić information content (AvgIpc) is 2.84. The first-order chi connectivity index (χ1) is 18.7. The van der Waals surface area contributed by atoms with E-state index in [1.54, 1.807) is 7.85 Å². The van der Waals surface area contributed by atoms with E-state index in [-0.39, 0.29) is 48.9 Å². The van der Waals surface area contributed by atoms with Gasteiger partial charge in [-0.3, -0.25) is 24.6 Å². The Morgan fingerprint density at radius 2 is 1.85 bits per heavy atom. The van der Waals surface area contributed by atoms with Gasteiger partial charge in [0.15, 0.2) is 0 Å². The van der Waals surface area contributed by atoms with Gasteiger partial charge >= 0.3 is 0 Å². The summed E-state index contributed by atoms with van der Waals surface area (Å²) in [6.45, 7) is 13.0. The number of aryl methyl sites for hydroxylation is 1. The number of carbonyl (C=O) groups excluding carboxylic acids is 3. The molecule has 4 rings (SSSR count). The summed E-state index contributed by atoms with van der Waals surface area (Å²) in [4.78, 5) is 40.3. The number of halogens is 1. The van der Waals surface area contributed by atoms with E-state index in [9.17, 15) is 18.8 Å². The van der Waals surface area contributed by atoms with Crippen molar-refractivity contribution in [3.05, 3.63) is 64.5 Å². The molecule has 2 fully saturated rings. The van der Waals surface area contributed by atoms with Crippen LogP contribution in [0.3, 0.4) is 0 Å². The van der Waals surface area contributed by atoms with Gasteiger partial charge in [-0.15, -0.1) is 0 Å². The standard InChI is InChI=1S/C30H40BFN4O4/c1-20-7-6-8-25(23(20)16-36(19-37)30(31)12-11-26(38)34-27(30)39)33-14-22-13-21(9-10-24(22)32)15-35-17-28(2,3)40-29(4,5)18-35/h6-10,13,19,33H,11-12,14-18,31H2,1-5H3,(H,34,38,39). The van der Waals surface area contributed by atoms with E-state index in [1.807, 2.05) is 37.3 Å². The number of ether oxygens (including phenoxy) is 1. The maximum absolute atomic E-state index is 14.9. The Hall–Kier alpha value is -3.24. The molecule has 8 nitrogen and oxygen atoms in total. The molecule has 2 aromatic rings. The molecule has 0 bridgehead atoms. The van der Waals surface area contributed by atoms with Crippen molar-refractivity contribution in [1.82, 2.24) is 15.1 Å². The number of piperidine rings is 1. The van der Waals surface area contributed by atoms with Crippen molar-refractivity contribution in [3.63, 3.8) is 0 Å². The summed E-state index contributed by atoms with van der Waals surface area (Å²) in [6, 6.07) is 11.0. The molecule has 0 radical (unpaired) electrons. The van der Waals surface area contributed by atoms with Crippen LogP contribution in [-0.4, -0.2) is 65.6 Å². The lowest BCUT2D eigenvalue weighted by atomic mass is 9.70. The number of morpholine rings is 1. The zero-order valence-electron chi connectivity index (χ0n) is 24.4. The molecule has 40 heavy (non-hydrogen) atoms. The number of amides is 3. The summed E-state index contributed by atoms with van der Waals surface area (Å²) in [5.74, 6) is -1.11. The molecule has 2 saturated heterocycles. The highest BCUT2D eigenvalue weighted by Crippen LogP contribution is 2.30. The van der Waals surface area contributed by atoms with Gasteiger partial charge < -0.3 is 15.0 Å². The molecule has 0 saturated carbocycles. The molecule has 0 aliphatic carbocycles. The lowest BCUT2D eigenvalue weighted by Gasteiger charge is -2.47. The minimum absolute atomic E-state index is 0.167. The molecule has 2 aliphatic heterocycles. The van der Waals surface area contributed by atoms with Gasteiger partial charge in [0, 0.05) is 50.4 Å². The van der Waals surface area contributed by atoms with Crippen molar-refractivity contribution in [2.24, 2.45) is 0 Å². The van der Waals surface area contributed by atoms with Crippen LogP contribution in [0.5, 0.6) is 0 Å². The van der Waals surface area contributed by atoms with Crippen LogP contribution >= 0.6 is 0 Å². The maximum Gasteiger partial charge on any atom is 0.243 e. The van der Waals surface area contributed by atoms with E-state index in [0.717, 1.165) is 35.5 Å². The van der Waals surface area contributed by atoms with E-state index in [1.165, 1.54) is 11.0 Å². The van der Waals surface area contributed by atoms with Crippen molar-refractivity contribution < 1.29 is 23.5 Å². The molecule has 1 atom stereocenters. The lowest BCUT2D eigenvalue weighted by molar-refractivity contribution is -0.182. The van der Waals surface area contributed by atoms with Crippen LogP contribution in [0.25, 0.3) is 0 Å². The van der Waals surface area contributed by atoms with Gasteiger partial charge in [0.25, 0.3) is 0 Å². The van der Waals surface area contributed by atoms with E-state index in [4.69, 9.17) is 4.74 Å². The predicted molar refractivity (Wildman–Crippen MR) is 155 cm³/mol. The monoisotopic (exact) mass is 550 g/mol. The van der Waals surface area contributed by atoms with Gasteiger partial charge in [0.05, 0.1) is 16.6 Å². The highest BCUT2D eigenvalue weighted by atomic mass is 19.1. The average molecular weight is 550 g/mol. The molecular formula is C30H40BFN4O4. The lowest BCUT2D eigenvalue weighted by Crippen LogP contribution is -2.62. The van der Waals surface area contributed by atoms with Crippen LogP contribution in [0.4, 0.5) is 10.1 Å². The van der Waals surface area contributed by atoms with Crippen molar-refractivity contribution in [1.29, 1.82) is 0 Å². The molecular weight excluding hydrogens is 510 g/mol. The summed E-state index contributed by atoms with van der Waals surface area (Å²) in [7, 11) is 1.67. The third-order valence-corrected chi connectivity index (χ3v) is 7.83. The van der Waals surface area contributed by atoms with Crippen LogP contribution in [-0.2, 0) is 38.8 Å². The van der Waals surface area contributed by atoms with Gasteiger partial charge in [0.2, 0.25) is 18.2 Å². The number of hydrogen-bond donors (Lipinski definition) is 2. The van der Waals surface area contributed by atoms with Crippen molar-refractivity contribution in [2.75, 3.05) is 18.4 Å². The van der Waals surface area contributed by atoms with Crippen LogP contribution in [0.2, 0.25) is 0 Å².